The highest BCUT2D eigenvalue weighted by Crippen LogP contribution is 2.22. The Labute approximate surface area is 169 Å². The third-order valence-corrected chi connectivity index (χ3v) is 5.11. The molecule has 4 rings (SSSR count). The smallest absolute Gasteiger partial charge is 0.270 e. The largest absolute Gasteiger partial charge is 0.347 e. The topological polar surface area (TPSA) is 58.1 Å². The number of anilines is 1. The molecule has 3 aromatic rings. The highest BCUT2D eigenvalue weighted by Gasteiger charge is 2.20. The number of rotatable bonds is 4. The average molecular weight is 393 g/mol. The maximum absolute atomic E-state index is 12.6. The van der Waals surface area contributed by atoms with Crippen molar-refractivity contribution in [3.05, 3.63) is 87.7 Å². The standard InChI is InChI=1S/C22H21ClN4O/c1-15-12-20(21(28)24-13-16-6-8-19(23)9-7-16)26-22(25-15)27-11-10-17-4-2-3-5-18(17)14-27/h2-9,12H,10-11,13-14H2,1H3,(H,24,28). The maximum atomic E-state index is 12.6. The van der Waals surface area contributed by atoms with Gasteiger partial charge in [0.2, 0.25) is 5.95 Å². The van der Waals surface area contributed by atoms with E-state index in [1.165, 1.54) is 11.1 Å². The molecule has 1 amide bonds. The van der Waals surface area contributed by atoms with Gasteiger partial charge in [0.25, 0.3) is 5.91 Å². The van der Waals surface area contributed by atoms with Gasteiger partial charge in [0.05, 0.1) is 0 Å². The Hall–Kier alpha value is -2.92. The molecule has 1 aromatic heterocycles. The lowest BCUT2D eigenvalue weighted by atomic mass is 10.0. The first-order chi connectivity index (χ1) is 13.6. The zero-order valence-electron chi connectivity index (χ0n) is 15.7. The van der Waals surface area contributed by atoms with Gasteiger partial charge in [0.1, 0.15) is 5.69 Å². The summed E-state index contributed by atoms with van der Waals surface area (Å²) in [6.07, 6.45) is 0.950. The van der Waals surface area contributed by atoms with Crippen LogP contribution in [0.15, 0.2) is 54.6 Å². The highest BCUT2D eigenvalue weighted by atomic mass is 35.5. The molecule has 0 aliphatic carbocycles. The Kier molecular flexibility index (Phi) is 5.26. The first-order valence-electron chi connectivity index (χ1n) is 9.28. The molecule has 0 fully saturated rings. The van der Waals surface area contributed by atoms with Crippen LogP contribution in [0.25, 0.3) is 0 Å². The number of carbonyl (C=O) groups is 1. The Bertz CT molecular complexity index is 1000. The Morgan fingerprint density at radius 2 is 1.86 bits per heavy atom. The van der Waals surface area contributed by atoms with Crippen LogP contribution in [0.5, 0.6) is 0 Å². The fraction of sp³-hybridized carbons (Fsp3) is 0.227. The summed E-state index contributed by atoms with van der Waals surface area (Å²) in [6, 6.07) is 17.5. The van der Waals surface area contributed by atoms with Crippen LogP contribution < -0.4 is 10.2 Å². The van der Waals surface area contributed by atoms with Gasteiger partial charge in [0.15, 0.2) is 0 Å². The second-order valence-electron chi connectivity index (χ2n) is 6.94. The van der Waals surface area contributed by atoms with E-state index in [-0.39, 0.29) is 5.91 Å². The van der Waals surface area contributed by atoms with E-state index in [4.69, 9.17) is 11.6 Å². The van der Waals surface area contributed by atoms with Gasteiger partial charge < -0.3 is 10.2 Å². The van der Waals surface area contributed by atoms with Crippen molar-refractivity contribution in [2.24, 2.45) is 0 Å². The van der Waals surface area contributed by atoms with E-state index >= 15 is 0 Å². The molecule has 2 aromatic carbocycles. The second-order valence-corrected chi connectivity index (χ2v) is 7.38. The van der Waals surface area contributed by atoms with Crippen LogP contribution in [0, 0.1) is 6.92 Å². The molecule has 0 bridgehead atoms. The lowest BCUT2D eigenvalue weighted by molar-refractivity contribution is 0.0945. The van der Waals surface area contributed by atoms with Crippen molar-refractivity contribution in [2.75, 3.05) is 11.4 Å². The molecule has 28 heavy (non-hydrogen) atoms. The van der Waals surface area contributed by atoms with Gasteiger partial charge in [-0.2, -0.15) is 0 Å². The Morgan fingerprint density at radius 3 is 2.64 bits per heavy atom. The molecule has 2 heterocycles. The van der Waals surface area contributed by atoms with Crippen LogP contribution >= 0.6 is 11.6 Å². The SMILES string of the molecule is Cc1cc(C(=O)NCc2ccc(Cl)cc2)nc(N2CCc3ccccc3C2)n1. The first-order valence-corrected chi connectivity index (χ1v) is 9.66. The molecule has 0 unspecified atom stereocenters. The number of fused-ring (bicyclic) bond motifs is 1. The van der Waals surface area contributed by atoms with Crippen LogP contribution in [0.4, 0.5) is 5.95 Å². The molecule has 0 atom stereocenters. The van der Waals surface area contributed by atoms with E-state index in [0.29, 0.717) is 23.2 Å². The lowest BCUT2D eigenvalue weighted by Gasteiger charge is -2.29. The molecule has 0 saturated carbocycles. The Balaban J connectivity index is 1.49. The fourth-order valence-corrected chi connectivity index (χ4v) is 3.48. The monoisotopic (exact) mass is 392 g/mol. The normalized spacial score (nSPS) is 13.1. The zero-order valence-corrected chi connectivity index (χ0v) is 16.4. The number of hydrogen-bond donors (Lipinski definition) is 1. The van der Waals surface area contributed by atoms with E-state index < -0.39 is 0 Å². The first kappa shape index (κ1) is 18.4. The van der Waals surface area contributed by atoms with Gasteiger partial charge in [-0.05, 0) is 48.2 Å². The van der Waals surface area contributed by atoms with Gasteiger partial charge in [-0.15, -0.1) is 0 Å². The quantitative estimate of drug-likeness (QED) is 0.730. The number of hydrogen-bond acceptors (Lipinski definition) is 4. The van der Waals surface area contributed by atoms with Gasteiger partial charge in [-0.25, -0.2) is 9.97 Å². The number of aryl methyl sites for hydroxylation is 1. The van der Waals surface area contributed by atoms with Crippen molar-refractivity contribution in [3.63, 3.8) is 0 Å². The van der Waals surface area contributed by atoms with Crippen LogP contribution in [0.1, 0.15) is 32.9 Å². The summed E-state index contributed by atoms with van der Waals surface area (Å²) in [4.78, 5) is 23.9. The summed E-state index contributed by atoms with van der Waals surface area (Å²) in [6.45, 7) is 3.91. The number of amides is 1. The van der Waals surface area contributed by atoms with Crippen molar-refractivity contribution >= 4 is 23.5 Å². The molecule has 1 aliphatic heterocycles. The number of benzene rings is 2. The summed E-state index contributed by atoms with van der Waals surface area (Å²) in [5.41, 5.74) is 4.80. The Morgan fingerprint density at radius 1 is 1.11 bits per heavy atom. The van der Waals surface area contributed by atoms with Crippen molar-refractivity contribution < 1.29 is 4.79 Å². The molecular weight excluding hydrogens is 372 g/mol. The number of halogens is 1. The van der Waals surface area contributed by atoms with E-state index in [9.17, 15) is 4.79 Å². The molecule has 0 saturated heterocycles. The number of nitrogens with one attached hydrogen (secondary N) is 1. The van der Waals surface area contributed by atoms with Crippen molar-refractivity contribution in [1.82, 2.24) is 15.3 Å². The van der Waals surface area contributed by atoms with Gasteiger partial charge in [-0.3, -0.25) is 4.79 Å². The lowest BCUT2D eigenvalue weighted by Crippen LogP contribution is -2.33. The molecule has 142 valence electrons. The predicted octanol–water partition coefficient (Wildman–Crippen LogP) is 3.93. The predicted molar refractivity (Wildman–Crippen MR) is 111 cm³/mol. The molecule has 1 N–H and O–H groups in total. The summed E-state index contributed by atoms with van der Waals surface area (Å²) in [7, 11) is 0. The van der Waals surface area contributed by atoms with Crippen LogP contribution in [0.2, 0.25) is 5.02 Å². The minimum Gasteiger partial charge on any atom is -0.347 e. The maximum Gasteiger partial charge on any atom is 0.270 e. The third kappa shape index (κ3) is 4.15. The number of carbonyl (C=O) groups excluding carboxylic acids is 1. The summed E-state index contributed by atoms with van der Waals surface area (Å²) in [5, 5.41) is 3.59. The minimum absolute atomic E-state index is 0.209. The molecule has 5 nitrogen and oxygen atoms in total. The van der Waals surface area contributed by atoms with E-state index in [1.54, 1.807) is 6.07 Å². The summed E-state index contributed by atoms with van der Waals surface area (Å²) >= 11 is 5.90. The van der Waals surface area contributed by atoms with Crippen molar-refractivity contribution in [1.29, 1.82) is 0 Å². The number of aromatic nitrogens is 2. The van der Waals surface area contributed by atoms with Crippen LogP contribution in [-0.2, 0) is 19.5 Å². The zero-order chi connectivity index (χ0) is 19.5. The van der Waals surface area contributed by atoms with E-state index in [0.717, 1.165) is 30.8 Å². The van der Waals surface area contributed by atoms with Crippen LogP contribution in [0.3, 0.4) is 0 Å². The van der Waals surface area contributed by atoms with E-state index in [1.807, 2.05) is 31.2 Å². The van der Waals surface area contributed by atoms with Gasteiger partial charge >= 0.3 is 0 Å². The van der Waals surface area contributed by atoms with E-state index in [2.05, 4.69) is 44.5 Å². The summed E-state index contributed by atoms with van der Waals surface area (Å²) in [5.74, 6) is 0.394. The molecule has 6 heteroatoms. The third-order valence-electron chi connectivity index (χ3n) is 4.85. The molecule has 0 radical (unpaired) electrons. The average Bonchev–Trinajstić information content (AvgIpc) is 2.72. The highest BCUT2D eigenvalue weighted by molar-refractivity contribution is 6.30. The van der Waals surface area contributed by atoms with Crippen molar-refractivity contribution in [2.45, 2.75) is 26.4 Å². The molecule has 0 spiro atoms. The molecular formula is C22H21ClN4O. The van der Waals surface area contributed by atoms with Gasteiger partial charge in [0, 0.05) is 30.4 Å². The molecule has 1 aliphatic rings. The summed E-state index contributed by atoms with van der Waals surface area (Å²) < 4.78 is 0. The minimum atomic E-state index is -0.209. The number of nitrogens with zero attached hydrogens (tertiary/aromatic N) is 3. The van der Waals surface area contributed by atoms with Gasteiger partial charge in [-0.1, -0.05) is 48.0 Å². The van der Waals surface area contributed by atoms with Crippen molar-refractivity contribution in [3.8, 4) is 0 Å². The van der Waals surface area contributed by atoms with Crippen LogP contribution in [-0.4, -0.2) is 22.4 Å². The second kappa shape index (κ2) is 7.98. The fourth-order valence-electron chi connectivity index (χ4n) is 3.35.